The first-order valence-corrected chi connectivity index (χ1v) is 10.8. The van der Waals surface area contributed by atoms with Gasteiger partial charge in [0.2, 0.25) is 11.8 Å². The molecule has 0 aromatic carbocycles. The van der Waals surface area contributed by atoms with Gasteiger partial charge in [0.05, 0.1) is 17.1 Å². The highest BCUT2D eigenvalue weighted by Crippen LogP contribution is 2.26. The maximum absolute atomic E-state index is 12.4. The van der Waals surface area contributed by atoms with Crippen molar-refractivity contribution in [3.63, 3.8) is 0 Å². The second-order valence-corrected chi connectivity index (χ2v) is 8.44. The first kappa shape index (κ1) is 18.7. The molecule has 0 radical (unpaired) electrons. The third-order valence-electron chi connectivity index (χ3n) is 5.53. The Kier molecular flexibility index (Phi) is 5.90. The number of rotatable bonds is 5. The molecular weight excluding hydrogens is 360 g/mol. The minimum absolute atomic E-state index is 0.302. The van der Waals surface area contributed by atoms with E-state index in [2.05, 4.69) is 9.80 Å². The lowest BCUT2D eigenvalue weighted by atomic mass is 10.1. The summed E-state index contributed by atoms with van der Waals surface area (Å²) in [5.41, 5.74) is 1.02. The average Bonchev–Trinajstić information content (AvgIpc) is 3.34. The average molecular weight is 389 g/mol. The Hall–Kier alpha value is -1.70. The predicted molar refractivity (Wildman–Crippen MR) is 107 cm³/mol. The van der Waals surface area contributed by atoms with Gasteiger partial charge < -0.3 is 9.32 Å². The van der Waals surface area contributed by atoms with Gasteiger partial charge in [-0.05, 0) is 37.6 Å². The van der Waals surface area contributed by atoms with E-state index in [1.165, 1.54) is 6.42 Å². The third kappa shape index (κ3) is 4.59. The molecule has 2 aliphatic heterocycles. The van der Waals surface area contributed by atoms with Crippen LogP contribution in [0.4, 0.5) is 0 Å². The second-order valence-electron chi connectivity index (χ2n) is 7.49. The van der Waals surface area contributed by atoms with Crippen LogP contribution < -0.4 is 0 Å². The molecule has 1 amide bonds. The Bertz CT molecular complexity index is 744. The van der Waals surface area contributed by atoms with Gasteiger partial charge in [0.1, 0.15) is 5.76 Å². The largest absolute Gasteiger partial charge is 0.440 e. The number of thiophene rings is 1. The van der Waals surface area contributed by atoms with Crippen LogP contribution in [0.1, 0.15) is 30.7 Å². The smallest absolute Gasteiger partial charge is 0.236 e. The summed E-state index contributed by atoms with van der Waals surface area (Å²) in [6.45, 7) is 9.07. The summed E-state index contributed by atoms with van der Waals surface area (Å²) in [5.74, 6) is 1.93. The highest BCUT2D eigenvalue weighted by Gasteiger charge is 2.24. The number of nitrogens with zero attached hydrogens (tertiary/aromatic N) is 4. The van der Waals surface area contributed by atoms with Crippen molar-refractivity contribution in [2.45, 2.75) is 32.7 Å². The molecule has 0 saturated carbocycles. The topological polar surface area (TPSA) is 52.8 Å². The van der Waals surface area contributed by atoms with Gasteiger partial charge >= 0.3 is 0 Å². The van der Waals surface area contributed by atoms with Crippen molar-refractivity contribution in [1.82, 2.24) is 19.7 Å². The molecule has 146 valence electrons. The molecule has 0 bridgehead atoms. The van der Waals surface area contributed by atoms with E-state index < -0.39 is 0 Å². The summed E-state index contributed by atoms with van der Waals surface area (Å²) in [5, 5.41) is 2.04. The fourth-order valence-corrected chi connectivity index (χ4v) is 4.48. The quantitative estimate of drug-likeness (QED) is 0.788. The van der Waals surface area contributed by atoms with Crippen LogP contribution in [-0.2, 0) is 11.3 Å². The number of carbonyl (C=O) groups excluding carboxylic acids is 1. The highest BCUT2D eigenvalue weighted by atomic mass is 32.1. The molecular formula is C20H28N4O2S. The summed E-state index contributed by atoms with van der Waals surface area (Å²) in [6.07, 6.45) is 3.58. The van der Waals surface area contributed by atoms with Gasteiger partial charge in [-0.15, -0.1) is 11.3 Å². The van der Waals surface area contributed by atoms with Gasteiger partial charge in [0.15, 0.2) is 0 Å². The second kappa shape index (κ2) is 8.54. The maximum atomic E-state index is 12.4. The molecule has 2 fully saturated rings. The maximum Gasteiger partial charge on any atom is 0.236 e. The molecule has 4 heterocycles. The molecule has 2 saturated heterocycles. The van der Waals surface area contributed by atoms with Crippen LogP contribution >= 0.6 is 11.3 Å². The fraction of sp³-hybridized carbons (Fsp3) is 0.600. The van der Waals surface area contributed by atoms with E-state index in [9.17, 15) is 4.79 Å². The number of likely N-dealkylation sites (tertiary alicyclic amines) is 1. The van der Waals surface area contributed by atoms with E-state index in [4.69, 9.17) is 9.40 Å². The van der Waals surface area contributed by atoms with Crippen molar-refractivity contribution < 1.29 is 9.21 Å². The number of hydrogen-bond acceptors (Lipinski definition) is 6. The van der Waals surface area contributed by atoms with Crippen LogP contribution in [0.5, 0.6) is 0 Å². The van der Waals surface area contributed by atoms with Crippen LogP contribution in [0.2, 0.25) is 0 Å². The number of aromatic nitrogens is 1. The summed E-state index contributed by atoms with van der Waals surface area (Å²) in [7, 11) is 0. The minimum atomic E-state index is 0.302. The Morgan fingerprint density at radius 2 is 1.85 bits per heavy atom. The number of amides is 1. The van der Waals surface area contributed by atoms with Crippen molar-refractivity contribution in [2.24, 2.45) is 0 Å². The molecule has 0 unspecified atom stereocenters. The molecule has 2 aliphatic rings. The Labute approximate surface area is 164 Å². The summed E-state index contributed by atoms with van der Waals surface area (Å²) >= 11 is 1.65. The van der Waals surface area contributed by atoms with Crippen molar-refractivity contribution in [2.75, 3.05) is 45.8 Å². The van der Waals surface area contributed by atoms with Gasteiger partial charge in [-0.3, -0.25) is 14.6 Å². The van der Waals surface area contributed by atoms with Crippen molar-refractivity contribution >= 4 is 17.2 Å². The summed E-state index contributed by atoms with van der Waals surface area (Å²) in [4.78, 5) is 25.0. The molecule has 0 atom stereocenters. The van der Waals surface area contributed by atoms with Crippen molar-refractivity contribution in [3.8, 4) is 10.8 Å². The first-order valence-electron chi connectivity index (χ1n) is 9.92. The number of oxazole rings is 1. The van der Waals surface area contributed by atoms with Gasteiger partial charge in [0.25, 0.3) is 0 Å². The molecule has 2 aromatic heterocycles. The van der Waals surface area contributed by atoms with E-state index in [-0.39, 0.29) is 0 Å². The lowest BCUT2D eigenvalue weighted by molar-refractivity contribution is -0.133. The van der Waals surface area contributed by atoms with Gasteiger partial charge in [-0.2, -0.15) is 0 Å². The summed E-state index contributed by atoms with van der Waals surface area (Å²) < 4.78 is 5.85. The SMILES string of the molecule is Cc1oc(-c2cccs2)nc1CN1CCN(CC(=O)N2CCCCC2)CC1. The summed E-state index contributed by atoms with van der Waals surface area (Å²) in [6, 6.07) is 4.06. The first-order chi connectivity index (χ1) is 13.2. The minimum Gasteiger partial charge on any atom is -0.440 e. The zero-order chi connectivity index (χ0) is 18.6. The van der Waals surface area contributed by atoms with E-state index in [1.807, 2.05) is 29.3 Å². The molecule has 7 heteroatoms. The third-order valence-corrected chi connectivity index (χ3v) is 6.39. The monoisotopic (exact) mass is 388 g/mol. The van der Waals surface area contributed by atoms with Crippen LogP contribution in [0, 0.1) is 6.92 Å². The molecule has 0 aliphatic carbocycles. The lowest BCUT2D eigenvalue weighted by Crippen LogP contribution is -2.50. The van der Waals surface area contributed by atoms with E-state index in [0.29, 0.717) is 12.5 Å². The Morgan fingerprint density at radius 1 is 1.11 bits per heavy atom. The van der Waals surface area contributed by atoms with Gasteiger partial charge in [-0.25, -0.2) is 4.98 Å². The van der Waals surface area contributed by atoms with Crippen molar-refractivity contribution in [3.05, 3.63) is 29.0 Å². The highest BCUT2D eigenvalue weighted by molar-refractivity contribution is 7.13. The van der Waals surface area contributed by atoms with Crippen LogP contribution in [-0.4, -0.2) is 71.4 Å². The lowest BCUT2D eigenvalue weighted by Gasteiger charge is -2.35. The zero-order valence-electron chi connectivity index (χ0n) is 16.0. The van der Waals surface area contributed by atoms with E-state index in [0.717, 1.165) is 80.9 Å². The van der Waals surface area contributed by atoms with E-state index in [1.54, 1.807) is 11.3 Å². The van der Waals surface area contributed by atoms with Crippen LogP contribution in [0.15, 0.2) is 21.9 Å². The zero-order valence-corrected chi connectivity index (χ0v) is 16.8. The number of hydrogen-bond donors (Lipinski definition) is 0. The fourth-order valence-electron chi connectivity index (χ4n) is 3.83. The molecule has 27 heavy (non-hydrogen) atoms. The number of aryl methyl sites for hydroxylation is 1. The van der Waals surface area contributed by atoms with Crippen LogP contribution in [0.25, 0.3) is 10.8 Å². The Balaban J connectivity index is 1.26. The van der Waals surface area contributed by atoms with Gasteiger partial charge in [0, 0.05) is 45.8 Å². The molecule has 0 spiro atoms. The number of carbonyl (C=O) groups is 1. The number of piperazine rings is 1. The Morgan fingerprint density at radius 3 is 2.56 bits per heavy atom. The standard InChI is InChI=1S/C20H28N4O2S/c1-16-17(21-20(26-16)18-6-5-13-27-18)14-22-9-11-23(12-10-22)15-19(25)24-7-3-2-4-8-24/h5-6,13H,2-4,7-12,14-15H2,1H3. The number of piperidine rings is 1. The molecule has 0 N–H and O–H groups in total. The molecule has 2 aromatic rings. The normalized spacial score (nSPS) is 19.5. The van der Waals surface area contributed by atoms with Gasteiger partial charge in [-0.1, -0.05) is 6.07 Å². The predicted octanol–water partition coefficient (Wildman–Crippen LogP) is 2.84. The van der Waals surface area contributed by atoms with E-state index >= 15 is 0 Å². The van der Waals surface area contributed by atoms with Crippen molar-refractivity contribution in [1.29, 1.82) is 0 Å². The molecule has 4 rings (SSSR count). The molecule has 6 nitrogen and oxygen atoms in total. The van der Waals surface area contributed by atoms with Crippen LogP contribution in [0.3, 0.4) is 0 Å².